The fraction of sp³-hybridized carbons (Fsp3) is 0.300. The monoisotopic (exact) mass is 791 g/mol. The van der Waals surface area contributed by atoms with E-state index in [4.69, 9.17) is 0 Å². The maximum atomic E-state index is 2.68. The molecule has 0 unspecified atom stereocenters. The first-order valence-corrected chi connectivity index (χ1v) is 23.2. The molecule has 13 rings (SSSR count). The minimum absolute atomic E-state index is 0.0426. The molecule has 7 aromatic carbocycles. The molecule has 4 fully saturated rings. The fourth-order valence-corrected chi connectivity index (χ4v) is 13.8. The Bertz CT molecular complexity index is 2720. The fourth-order valence-electron chi connectivity index (χ4n) is 13.8. The van der Waals surface area contributed by atoms with Gasteiger partial charge < -0.3 is 4.90 Å². The molecule has 6 aliphatic rings. The van der Waals surface area contributed by atoms with E-state index in [0.717, 1.165) is 23.7 Å². The van der Waals surface area contributed by atoms with Gasteiger partial charge in [-0.1, -0.05) is 143 Å². The van der Waals surface area contributed by atoms with Crippen molar-refractivity contribution in [3.05, 3.63) is 186 Å². The summed E-state index contributed by atoms with van der Waals surface area (Å²) in [6, 6.07) is 62.6. The lowest BCUT2D eigenvalue weighted by molar-refractivity contribution is -0.0399. The molecule has 0 saturated heterocycles. The molecule has 302 valence electrons. The molecule has 4 bridgehead atoms. The van der Waals surface area contributed by atoms with Crippen molar-refractivity contribution >= 4 is 17.1 Å². The van der Waals surface area contributed by atoms with Gasteiger partial charge in [0, 0.05) is 16.8 Å². The number of fused-ring (bicyclic) bond motifs is 4. The lowest BCUT2D eigenvalue weighted by Gasteiger charge is -2.61. The van der Waals surface area contributed by atoms with E-state index in [2.05, 4.69) is 196 Å². The molecule has 61 heavy (non-hydrogen) atoms. The highest BCUT2D eigenvalue weighted by molar-refractivity contribution is 5.88. The summed E-state index contributed by atoms with van der Waals surface area (Å²) in [4.78, 5) is 2.65. The van der Waals surface area contributed by atoms with Crippen LogP contribution in [0.15, 0.2) is 164 Å². The molecule has 0 atom stereocenters. The number of hydrogen-bond acceptors (Lipinski definition) is 1. The van der Waals surface area contributed by atoms with Crippen LogP contribution in [0.25, 0.3) is 44.5 Å². The largest absolute Gasteiger partial charge is 0.310 e. The van der Waals surface area contributed by atoms with Crippen LogP contribution in [0.2, 0.25) is 0 Å². The van der Waals surface area contributed by atoms with Crippen LogP contribution in [-0.2, 0) is 16.2 Å². The SMILES string of the molecule is CC1(C)CCC(C)(C)c2c(N(c3ccc(-c4cc(-c5ccccc5)cc(-c5ccccc5)c4)cc3)c3ccc4c(c3)C3(c5ccccc5-4)C4CC5CC(C4)CC3C5)cccc21. The summed E-state index contributed by atoms with van der Waals surface area (Å²) >= 11 is 0. The molecule has 6 aliphatic carbocycles. The Balaban J connectivity index is 1.04. The van der Waals surface area contributed by atoms with Crippen LogP contribution in [0.5, 0.6) is 0 Å². The van der Waals surface area contributed by atoms with E-state index in [1.807, 2.05) is 0 Å². The third kappa shape index (κ3) is 5.72. The van der Waals surface area contributed by atoms with Crippen molar-refractivity contribution < 1.29 is 0 Å². The van der Waals surface area contributed by atoms with Crippen LogP contribution in [0, 0.1) is 23.7 Å². The van der Waals surface area contributed by atoms with E-state index >= 15 is 0 Å². The Labute approximate surface area is 363 Å². The van der Waals surface area contributed by atoms with Gasteiger partial charge in [-0.3, -0.25) is 0 Å². The normalized spacial score (nSPS) is 24.6. The lowest BCUT2D eigenvalue weighted by atomic mass is 9.43. The second-order valence-electron chi connectivity index (χ2n) is 20.8. The van der Waals surface area contributed by atoms with Crippen LogP contribution >= 0.6 is 0 Å². The van der Waals surface area contributed by atoms with Crippen molar-refractivity contribution in [2.75, 3.05) is 4.90 Å². The second kappa shape index (κ2) is 13.7. The molecular formula is C60H57N. The first kappa shape index (κ1) is 37.1. The Morgan fingerprint density at radius 2 is 0.902 bits per heavy atom. The van der Waals surface area contributed by atoms with Gasteiger partial charge in [0.05, 0.1) is 5.69 Å². The maximum Gasteiger partial charge on any atom is 0.0502 e. The number of rotatable bonds is 6. The predicted octanol–water partition coefficient (Wildman–Crippen LogP) is 16.2. The van der Waals surface area contributed by atoms with Crippen molar-refractivity contribution in [3.63, 3.8) is 0 Å². The highest BCUT2D eigenvalue weighted by Gasteiger charge is 2.61. The topological polar surface area (TPSA) is 3.24 Å². The summed E-state index contributed by atoms with van der Waals surface area (Å²) in [6.07, 6.45) is 9.41. The lowest BCUT2D eigenvalue weighted by Crippen LogP contribution is -2.55. The summed E-state index contributed by atoms with van der Waals surface area (Å²) in [5.74, 6) is 3.29. The van der Waals surface area contributed by atoms with E-state index in [1.165, 1.54) is 118 Å². The molecule has 1 heteroatoms. The Hall–Kier alpha value is -5.66. The third-order valence-corrected chi connectivity index (χ3v) is 16.5. The Morgan fingerprint density at radius 1 is 0.393 bits per heavy atom. The molecule has 0 aromatic heterocycles. The van der Waals surface area contributed by atoms with Crippen molar-refractivity contribution in [3.8, 4) is 44.5 Å². The number of hydrogen-bond donors (Lipinski definition) is 0. The standard InChI is InChI=1S/C60H57N/c1-58(2)28-29-59(3,4)57-54(58)20-13-21-56(57)61(49-24-22-43(23-25-49)46-36-44(41-14-7-5-8-15-41)35-45(37-46)42-16-9-6-10-17-42)50-26-27-52-51-18-11-12-19-53(51)60(55(52)38-50)47-31-39-30-40(33-47)34-48(60)32-39/h5-27,35-40,47-48H,28-34H2,1-4H3. The Kier molecular flexibility index (Phi) is 8.32. The predicted molar refractivity (Wildman–Crippen MR) is 256 cm³/mol. The van der Waals surface area contributed by atoms with Crippen molar-refractivity contribution in [2.45, 2.75) is 88.9 Å². The smallest absolute Gasteiger partial charge is 0.0502 e. The van der Waals surface area contributed by atoms with Gasteiger partial charge in [0.25, 0.3) is 0 Å². The first-order valence-electron chi connectivity index (χ1n) is 23.2. The molecule has 1 spiro atoms. The van der Waals surface area contributed by atoms with Crippen molar-refractivity contribution in [1.29, 1.82) is 0 Å². The van der Waals surface area contributed by atoms with Crippen LogP contribution in [-0.4, -0.2) is 0 Å². The highest BCUT2D eigenvalue weighted by Crippen LogP contribution is 2.69. The van der Waals surface area contributed by atoms with Gasteiger partial charge in [-0.2, -0.15) is 0 Å². The van der Waals surface area contributed by atoms with Gasteiger partial charge in [-0.05, 0) is 195 Å². The molecule has 7 aromatic rings. The summed E-state index contributed by atoms with van der Waals surface area (Å²) in [5.41, 5.74) is 20.7. The summed E-state index contributed by atoms with van der Waals surface area (Å²) in [6.45, 7) is 9.89. The van der Waals surface area contributed by atoms with E-state index in [0.29, 0.717) is 0 Å². The molecule has 0 heterocycles. The molecule has 0 N–H and O–H groups in total. The molecule has 1 nitrogen and oxygen atoms in total. The van der Waals surface area contributed by atoms with Gasteiger partial charge >= 0.3 is 0 Å². The zero-order valence-corrected chi connectivity index (χ0v) is 36.3. The number of nitrogens with zero attached hydrogens (tertiary/aromatic N) is 1. The van der Waals surface area contributed by atoms with Crippen LogP contribution in [0.1, 0.15) is 94.9 Å². The maximum absolute atomic E-state index is 2.68. The zero-order valence-electron chi connectivity index (χ0n) is 36.3. The molecule has 4 saturated carbocycles. The van der Waals surface area contributed by atoms with E-state index in [1.54, 1.807) is 11.1 Å². The molecule has 0 radical (unpaired) electrons. The van der Waals surface area contributed by atoms with E-state index in [9.17, 15) is 0 Å². The highest BCUT2D eigenvalue weighted by atomic mass is 15.1. The van der Waals surface area contributed by atoms with Crippen molar-refractivity contribution in [1.82, 2.24) is 0 Å². The van der Waals surface area contributed by atoms with Gasteiger partial charge in [0.1, 0.15) is 0 Å². The van der Waals surface area contributed by atoms with Crippen LogP contribution in [0.4, 0.5) is 17.1 Å². The van der Waals surface area contributed by atoms with Gasteiger partial charge in [0.15, 0.2) is 0 Å². The minimum Gasteiger partial charge on any atom is -0.310 e. The third-order valence-electron chi connectivity index (χ3n) is 16.5. The summed E-state index contributed by atoms with van der Waals surface area (Å²) < 4.78 is 0. The molecule has 0 aliphatic heterocycles. The van der Waals surface area contributed by atoms with E-state index in [-0.39, 0.29) is 16.2 Å². The van der Waals surface area contributed by atoms with Gasteiger partial charge in [-0.25, -0.2) is 0 Å². The van der Waals surface area contributed by atoms with Crippen LogP contribution < -0.4 is 4.90 Å². The summed E-state index contributed by atoms with van der Waals surface area (Å²) in [7, 11) is 0. The molecular weight excluding hydrogens is 735 g/mol. The van der Waals surface area contributed by atoms with Crippen LogP contribution in [0.3, 0.4) is 0 Å². The molecule has 0 amide bonds. The zero-order chi connectivity index (χ0) is 41.1. The van der Waals surface area contributed by atoms with Gasteiger partial charge in [-0.15, -0.1) is 0 Å². The second-order valence-corrected chi connectivity index (χ2v) is 20.8. The average molecular weight is 792 g/mol. The quantitative estimate of drug-likeness (QED) is 0.162. The number of benzene rings is 7. The number of anilines is 3. The minimum atomic E-state index is 0.0426. The van der Waals surface area contributed by atoms with Gasteiger partial charge in [0.2, 0.25) is 0 Å². The first-order chi connectivity index (χ1) is 29.7. The summed E-state index contributed by atoms with van der Waals surface area (Å²) in [5, 5.41) is 0. The average Bonchev–Trinajstić information content (AvgIpc) is 3.58. The van der Waals surface area contributed by atoms with Crippen molar-refractivity contribution in [2.24, 2.45) is 23.7 Å². The van der Waals surface area contributed by atoms with E-state index < -0.39 is 0 Å². The Morgan fingerprint density at radius 3 is 1.52 bits per heavy atom.